The van der Waals surface area contributed by atoms with E-state index >= 15 is 0 Å². The van der Waals surface area contributed by atoms with Crippen molar-refractivity contribution in [3.05, 3.63) is 64.9 Å². The van der Waals surface area contributed by atoms with Crippen LogP contribution in [0, 0.1) is 0 Å². The van der Waals surface area contributed by atoms with Crippen LogP contribution in [0.25, 0.3) is 11.1 Å². The molecule has 1 atom stereocenters. The molecule has 1 N–H and O–H groups in total. The minimum atomic E-state index is -4.86. The summed E-state index contributed by atoms with van der Waals surface area (Å²) in [6.45, 7) is 7.60. The number of halogens is 5. The second-order valence-corrected chi connectivity index (χ2v) is 12.0. The van der Waals surface area contributed by atoms with Crippen molar-refractivity contribution in [3.63, 3.8) is 0 Å². The lowest BCUT2D eigenvalue weighted by atomic mass is 9.99. The fourth-order valence-corrected chi connectivity index (χ4v) is 6.18. The molecule has 1 aromatic heterocycles. The summed E-state index contributed by atoms with van der Waals surface area (Å²) >= 11 is 6.39. The third-order valence-electron chi connectivity index (χ3n) is 7.85. The van der Waals surface area contributed by atoms with E-state index in [9.17, 15) is 27.5 Å². The number of benzene rings is 2. The van der Waals surface area contributed by atoms with Crippen LogP contribution in [0.15, 0.2) is 48.7 Å². The third kappa shape index (κ3) is 6.67. The van der Waals surface area contributed by atoms with Gasteiger partial charge in [-0.2, -0.15) is 18.3 Å². The van der Waals surface area contributed by atoms with Crippen molar-refractivity contribution >= 4 is 28.9 Å². The first-order valence-electron chi connectivity index (χ1n) is 14.0. The highest BCUT2D eigenvalue weighted by Gasteiger charge is 2.42. The van der Waals surface area contributed by atoms with Gasteiger partial charge in [-0.1, -0.05) is 29.8 Å². The van der Waals surface area contributed by atoms with Gasteiger partial charge in [0, 0.05) is 67.8 Å². The Bertz CT molecular complexity index is 1410. The average Bonchev–Trinajstić information content (AvgIpc) is 3.40. The van der Waals surface area contributed by atoms with E-state index in [1.54, 1.807) is 19.9 Å². The van der Waals surface area contributed by atoms with Crippen molar-refractivity contribution in [1.82, 2.24) is 14.7 Å². The van der Waals surface area contributed by atoms with Gasteiger partial charge in [0.05, 0.1) is 12.2 Å². The maximum absolute atomic E-state index is 14.1. The number of carboxylic acid groups (broad SMARTS) is 1. The maximum Gasteiger partial charge on any atom is 0.433 e. The number of aromatic carboxylic acids is 1. The van der Waals surface area contributed by atoms with Gasteiger partial charge in [0.25, 0.3) is 0 Å². The van der Waals surface area contributed by atoms with Crippen LogP contribution in [0.4, 0.5) is 28.9 Å². The molecule has 1 unspecified atom stereocenters. The number of alkyl halides is 4. The number of carboxylic acids is 1. The van der Waals surface area contributed by atoms with E-state index in [1.807, 2.05) is 41.3 Å². The largest absolute Gasteiger partial charge is 0.478 e. The molecule has 2 aliphatic rings. The van der Waals surface area contributed by atoms with Gasteiger partial charge in [-0.15, -0.1) is 0 Å². The van der Waals surface area contributed by atoms with E-state index in [4.69, 9.17) is 11.6 Å². The van der Waals surface area contributed by atoms with Gasteiger partial charge in [-0.3, -0.25) is 9.58 Å². The second kappa shape index (κ2) is 11.8. The van der Waals surface area contributed by atoms with Crippen molar-refractivity contribution in [2.75, 3.05) is 55.6 Å². The Morgan fingerprint density at radius 3 is 2.31 bits per heavy atom. The zero-order valence-electron chi connectivity index (χ0n) is 23.5. The molecule has 0 aliphatic carbocycles. The molecule has 3 aromatic rings. The molecule has 2 aromatic carbocycles. The van der Waals surface area contributed by atoms with Crippen LogP contribution in [0.2, 0.25) is 5.02 Å². The zero-order valence-corrected chi connectivity index (χ0v) is 24.3. The molecule has 3 heterocycles. The smallest absolute Gasteiger partial charge is 0.433 e. The number of anilines is 2. The van der Waals surface area contributed by atoms with Crippen LogP contribution < -0.4 is 9.80 Å². The summed E-state index contributed by atoms with van der Waals surface area (Å²) in [4.78, 5) is 17.9. The van der Waals surface area contributed by atoms with Crippen molar-refractivity contribution in [1.29, 1.82) is 0 Å². The normalized spacial score (nSPS) is 18.9. The van der Waals surface area contributed by atoms with Crippen LogP contribution in [0.3, 0.4) is 0 Å². The van der Waals surface area contributed by atoms with E-state index in [0.29, 0.717) is 31.0 Å². The van der Waals surface area contributed by atoms with Gasteiger partial charge in [0.1, 0.15) is 11.2 Å². The molecule has 0 radical (unpaired) electrons. The molecule has 0 spiro atoms. The first kappa shape index (κ1) is 30.2. The first-order valence-corrected chi connectivity index (χ1v) is 14.4. The van der Waals surface area contributed by atoms with Crippen molar-refractivity contribution in [2.24, 2.45) is 0 Å². The van der Waals surface area contributed by atoms with Gasteiger partial charge >= 0.3 is 12.1 Å². The molecular weight excluding hydrogens is 574 g/mol. The highest BCUT2D eigenvalue weighted by atomic mass is 35.5. The molecule has 2 aliphatic heterocycles. The van der Waals surface area contributed by atoms with E-state index in [-0.39, 0.29) is 6.54 Å². The molecule has 0 saturated carbocycles. The van der Waals surface area contributed by atoms with Gasteiger partial charge in [-0.05, 0) is 56.5 Å². The van der Waals surface area contributed by atoms with E-state index in [1.165, 1.54) is 0 Å². The number of piperazine rings is 1. The Hall–Kier alpha value is -3.31. The lowest BCUT2D eigenvalue weighted by Gasteiger charge is -2.38. The fourth-order valence-electron chi connectivity index (χ4n) is 6.01. The topological polar surface area (TPSA) is 64.8 Å². The van der Waals surface area contributed by atoms with Crippen LogP contribution in [-0.4, -0.2) is 77.2 Å². The van der Waals surface area contributed by atoms with E-state index in [0.717, 1.165) is 59.6 Å². The lowest BCUT2D eigenvalue weighted by Crippen LogP contribution is -2.49. The summed E-state index contributed by atoms with van der Waals surface area (Å²) in [6.07, 6.45) is -3.05. The summed E-state index contributed by atoms with van der Waals surface area (Å²) < 4.78 is 56.6. The molecule has 0 bridgehead atoms. The van der Waals surface area contributed by atoms with Crippen molar-refractivity contribution in [3.8, 4) is 11.1 Å². The number of piperidine rings is 1. The monoisotopic (exact) mass is 607 g/mol. The van der Waals surface area contributed by atoms with E-state index in [2.05, 4.69) is 14.9 Å². The molecule has 2 saturated heterocycles. The van der Waals surface area contributed by atoms with Gasteiger partial charge in [0.2, 0.25) is 0 Å². The summed E-state index contributed by atoms with van der Waals surface area (Å²) in [7, 11) is 0. The Morgan fingerprint density at radius 1 is 1.00 bits per heavy atom. The van der Waals surface area contributed by atoms with Gasteiger partial charge < -0.3 is 14.9 Å². The molecule has 12 heteroatoms. The molecule has 2 fully saturated rings. The van der Waals surface area contributed by atoms with E-state index < -0.39 is 35.1 Å². The lowest BCUT2D eigenvalue weighted by molar-refractivity contribution is -0.145. The minimum Gasteiger partial charge on any atom is -0.478 e. The molecule has 226 valence electrons. The van der Waals surface area contributed by atoms with Gasteiger partial charge in [0.15, 0.2) is 5.69 Å². The van der Waals surface area contributed by atoms with Gasteiger partial charge in [-0.25, -0.2) is 9.18 Å². The van der Waals surface area contributed by atoms with Crippen LogP contribution >= 0.6 is 11.6 Å². The van der Waals surface area contributed by atoms with Crippen LogP contribution in [0.5, 0.6) is 0 Å². The number of hydrogen-bond donors (Lipinski definition) is 1. The van der Waals surface area contributed by atoms with Crippen LogP contribution in [0.1, 0.15) is 48.8 Å². The Balaban J connectivity index is 1.36. The Morgan fingerprint density at radius 2 is 1.69 bits per heavy atom. The molecular formula is C30H34ClF4N5O2. The molecule has 5 rings (SSSR count). The summed E-state index contributed by atoms with van der Waals surface area (Å²) in [5.41, 5.74) is 0.377. The molecule has 42 heavy (non-hydrogen) atoms. The molecule has 7 nitrogen and oxygen atoms in total. The standard InChI is InChI=1S/C30H34ClF4N5O2/c1-29(2,32)19-37-12-14-38(15-13-37)22-8-5-20(6-9-22)24-10-7-21(31)16-26(24)39-11-3-4-23(18-39)40-27(30(33,34)35)25(17-36-40)28(41)42/h5-10,16-17,23H,3-4,11-15,18-19H2,1-2H3,(H,41,42). The number of nitrogens with zero attached hydrogens (tertiary/aromatic N) is 5. The summed E-state index contributed by atoms with van der Waals surface area (Å²) in [5.74, 6) is -1.66. The predicted octanol–water partition coefficient (Wildman–Crippen LogP) is 6.63. The Labute approximate surface area is 247 Å². The average molecular weight is 608 g/mol. The number of carbonyl (C=O) groups is 1. The van der Waals surface area contributed by atoms with Crippen LogP contribution in [-0.2, 0) is 6.18 Å². The zero-order chi connectivity index (χ0) is 30.2. The summed E-state index contributed by atoms with van der Waals surface area (Å²) in [6, 6.07) is 13.0. The second-order valence-electron chi connectivity index (χ2n) is 11.6. The van der Waals surface area contributed by atoms with Crippen molar-refractivity contribution in [2.45, 2.75) is 44.6 Å². The predicted molar refractivity (Wildman–Crippen MR) is 155 cm³/mol. The minimum absolute atomic E-state index is 0.217. The maximum atomic E-state index is 14.1. The highest BCUT2D eigenvalue weighted by molar-refractivity contribution is 6.31. The quantitative estimate of drug-likeness (QED) is 0.304. The molecule has 0 amide bonds. The number of hydrogen-bond acceptors (Lipinski definition) is 5. The third-order valence-corrected chi connectivity index (χ3v) is 8.09. The SMILES string of the molecule is CC(C)(F)CN1CCN(c2ccc(-c3ccc(Cl)cc3N3CCCC(n4ncc(C(=O)O)c4C(F)(F)F)C3)cc2)CC1. The number of rotatable bonds is 7. The fraction of sp³-hybridized carbons (Fsp3) is 0.467. The number of aromatic nitrogens is 2. The Kier molecular flexibility index (Phi) is 8.44. The van der Waals surface area contributed by atoms with Crippen molar-refractivity contribution < 1.29 is 27.5 Å². The highest BCUT2D eigenvalue weighted by Crippen LogP contribution is 2.39. The first-order chi connectivity index (χ1) is 19.8. The summed E-state index contributed by atoms with van der Waals surface area (Å²) in [5, 5.41) is 13.7.